The lowest BCUT2D eigenvalue weighted by Gasteiger charge is -2.08. The number of rotatable bonds is 2. The van der Waals surface area contributed by atoms with E-state index < -0.39 is 11.7 Å². The first-order chi connectivity index (χ1) is 8.47. The first-order valence-electron chi connectivity index (χ1n) is 5.23. The lowest BCUT2D eigenvalue weighted by atomic mass is 10.2. The lowest BCUT2D eigenvalue weighted by Crippen LogP contribution is -2.05. The van der Waals surface area contributed by atoms with Crippen LogP contribution in [-0.2, 0) is 6.18 Å². The molecule has 0 unspecified atom stereocenters. The summed E-state index contributed by atoms with van der Waals surface area (Å²) in [5.74, 6) is 0. The first kappa shape index (κ1) is 13.0. The number of halogens is 3. The van der Waals surface area contributed by atoms with Gasteiger partial charge in [0.05, 0.1) is 5.56 Å². The second-order valence-corrected chi connectivity index (χ2v) is 4.81. The van der Waals surface area contributed by atoms with Gasteiger partial charge in [-0.1, -0.05) is 30.0 Å². The summed E-state index contributed by atoms with van der Waals surface area (Å²) in [5, 5.41) is 0.346. The highest BCUT2D eigenvalue weighted by molar-refractivity contribution is 7.99. The Hall–Kier alpha value is -1.49. The van der Waals surface area contributed by atoms with E-state index in [1.165, 1.54) is 18.0 Å². The highest BCUT2D eigenvalue weighted by Crippen LogP contribution is 2.33. The van der Waals surface area contributed by atoms with Gasteiger partial charge in [0.2, 0.25) is 0 Å². The fourth-order valence-corrected chi connectivity index (χ4v) is 2.33. The van der Waals surface area contributed by atoms with E-state index in [-0.39, 0.29) is 0 Å². The molecule has 0 aliphatic rings. The highest BCUT2D eigenvalue weighted by atomic mass is 32.2. The molecular formula is C13H10F3NS. The van der Waals surface area contributed by atoms with Gasteiger partial charge in [-0.15, -0.1) is 0 Å². The van der Waals surface area contributed by atoms with Gasteiger partial charge in [-0.2, -0.15) is 13.2 Å². The van der Waals surface area contributed by atoms with E-state index in [9.17, 15) is 13.2 Å². The van der Waals surface area contributed by atoms with Crippen LogP contribution in [0, 0.1) is 6.92 Å². The predicted molar refractivity (Wildman–Crippen MR) is 64.5 cm³/mol. The van der Waals surface area contributed by atoms with Crippen LogP contribution in [0.4, 0.5) is 13.2 Å². The largest absolute Gasteiger partial charge is 0.416 e. The number of hydrogen-bond acceptors (Lipinski definition) is 2. The number of nitrogens with zero attached hydrogens (tertiary/aromatic N) is 1. The van der Waals surface area contributed by atoms with Crippen LogP contribution >= 0.6 is 11.8 Å². The molecule has 0 spiro atoms. The maximum atomic E-state index is 12.5. The van der Waals surface area contributed by atoms with Crippen LogP contribution in [0.1, 0.15) is 11.1 Å². The van der Waals surface area contributed by atoms with Crippen LogP contribution in [0.25, 0.3) is 0 Å². The molecule has 0 N–H and O–H groups in total. The summed E-state index contributed by atoms with van der Waals surface area (Å²) in [6.07, 6.45) is -3.15. The molecule has 0 amide bonds. The van der Waals surface area contributed by atoms with E-state index in [1.54, 1.807) is 0 Å². The molecule has 94 valence electrons. The van der Waals surface area contributed by atoms with Crippen LogP contribution < -0.4 is 0 Å². The Morgan fingerprint density at radius 3 is 2.50 bits per heavy atom. The Labute approximate surface area is 107 Å². The molecule has 0 saturated heterocycles. The zero-order chi connectivity index (χ0) is 13.2. The minimum atomic E-state index is -4.33. The van der Waals surface area contributed by atoms with Gasteiger partial charge < -0.3 is 0 Å². The first-order valence-corrected chi connectivity index (χ1v) is 6.05. The second kappa shape index (κ2) is 5.02. The third-order valence-electron chi connectivity index (χ3n) is 2.37. The number of alkyl halides is 3. The fraction of sp³-hybridized carbons (Fsp3) is 0.154. The summed E-state index contributed by atoms with van der Waals surface area (Å²) in [4.78, 5) is 4.86. The van der Waals surface area contributed by atoms with Gasteiger partial charge in [-0.3, -0.25) is 0 Å². The molecule has 0 fully saturated rings. The molecule has 5 heteroatoms. The molecule has 0 aliphatic heterocycles. The zero-order valence-electron chi connectivity index (χ0n) is 9.53. The second-order valence-electron chi connectivity index (χ2n) is 3.75. The van der Waals surface area contributed by atoms with Gasteiger partial charge in [0.1, 0.15) is 5.03 Å². The number of benzene rings is 1. The average Bonchev–Trinajstić information content (AvgIpc) is 2.31. The van der Waals surface area contributed by atoms with E-state index in [2.05, 4.69) is 4.98 Å². The molecule has 0 saturated carbocycles. The molecule has 18 heavy (non-hydrogen) atoms. The maximum Gasteiger partial charge on any atom is 0.416 e. The summed E-state index contributed by atoms with van der Waals surface area (Å²) in [6.45, 7) is 1.91. The predicted octanol–water partition coefficient (Wildman–Crippen LogP) is 4.56. The van der Waals surface area contributed by atoms with E-state index in [0.717, 1.165) is 22.6 Å². The van der Waals surface area contributed by atoms with Crippen LogP contribution in [-0.4, -0.2) is 4.98 Å². The Kier molecular flexibility index (Phi) is 3.61. The van der Waals surface area contributed by atoms with Gasteiger partial charge in [0.15, 0.2) is 0 Å². The zero-order valence-corrected chi connectivity index (χ0v) is 10.3. The number of aromatic nitrogens is 1. The fourth-order valence-electron chi connectivity index (χ4n) is 1.43. The molecule has 2 aromatic rings. The van der Waals surface area contributed by atoms with Gasteiger partial charge >= 0.3 is 6.18 Å². The Morgan fingerprint density at radius 1 is 1.11 bits per heavy atom. The molecule has 0 aliphatic carbocycles. The van der Waals surface area contributed by atoms with Crippen molar-refractivity contribution in [2.75, 3.05) is 0 Å². The topological polar surface area (TPSA) is 12.9 Å². The molecular weight excluding hydrogens is 259 g/mol. The molecule has 0 radical (unpaired) electrons. The van der Waals surface area contributed by atoms with E-state index >= 15 is 0 Å². The standard InChI is InChI=1S/C13H10F3NS/c1-9-4-2-3-5-11(9)18-12-8-10(6-7-17-12)13(14,15)16/h2-8H,1H3. The summed E-state index contributed by atoms with van der Waals surface area (Å²) in [5.41, 5.74) is 0.343. The van der Waals surface area contributed by atoms with Crippen LogP contribution in [0.3, 0.4) is 0 Å². The number of aryl methyl sites for hydroxylation is 1. The van der Waals surface area contributed by atoms with Crippen molar-refractivity contribution in [2.24, 2.45) is 0 Å². The molecule has 0 bridgehead atoms. The summed E-state index contributed by atoms with van der Waals surface area (Å²) >= 11 is 1.23. The van der Waals surface area contributed by atoms with Crippen LogP contribution in [0.2, 0.25) is 0 Å². The summed E-state index contributed by atoms with van der Waals surface area (Å²) < 4.78 is 37.6. The lowest BCUT2D eigenvalue weighted by molar-refractivity contribution is -0.137. The smallest absolute Gasteiger partial charge is 0.250 e. The van der Waals surface area contributed by atoms with Gasteiger partial charge in [0.25, 0.3) is 0 Å². The quantitative estimate of drug-likeness (QED) is 0.792. The molecule has 2 rings (SSSR count). The number of pyridine rings is 1. The third kappa shape index (κ3) is 3.04. The molecule has 0 atom stereocenters. The van der Waals surface area contributed by atoms with Crippen LogP contribution in [0.15, 0.2) is 52.5 Å². The van der Waals surface area contributed by atoms with E-state index in [0.29, 0.717) is 5.03 Å². The Balaban J connectivity index is 2.28. The monoisotopic (exact) mass is 269 g/mol. The van der Waals surface area contributed by atoms with Gasteiger partial charge in [0, 0.05) is 11.1 Å². The third-order valence-corrected chi connectivity index (χ3v) is 3.48. The van der Waals surface area contributed by atoms with Gasteiger partial charge in [-0.25, -0.2) is 4.98 Å². The Bertz CT molecular complexity index is 552. The summed E-state index contributed by atoms with van der Waals surface area (Å²) in [6, 6.07) is 9.55. The van der Waals surface area contributed by atoms with Crippen molar-refractivity contribution in [1.82, 2.24) is 4.98 Å². The Morgan fingerprint density at radius 2 is 1.83 bits per heavy atom. The van der Waals surface area contributed by atoms with Crippen molar-refractivity contribution in [3.8, 4) is 0 Å². The van der Waals surface area contributed by atoms with Crippen molar-refractivity contribution in [3.05, 3.63) is 53.7 Å². The normalized spacial score (nSPS) is 11.6. The van der Waals surface area contributed by atoms with Crippen molar-refractivity contribution in [2.45, 2.75) is 23.0 Å². The molecule has 1 aromatic heterocycles. The summed E-state index contributed by atoms with van der Waals surface area (Å²) in [7, 11) is 0. The van der Waals surface area contributed by atoms with E-state index in [1.807, 2.05) is 31.2 Å². The molecule has 1 aromatic carbocycles. The SMILES string of the molecule is Cc1ccccc1Sc1cc(C(F)(F)F)ccn1. The van der Waals surface area contributed by atoms with Crippen molar-refractivity contribution >= 4 is 11.8 Å². The average molecular weight is 269 g/mol. The van der Waals surface area contributed by atoms with Crippen molar-refractivity contribution in [3.63, 3.8) is 0 Å². The maximum absolute atomic E-state index is 12.5. The molecule has 1 nitrogen and oxygen atoms in total. The minimum absolute atomic E-state index is 0.346. The molecule has 1 heterocycles. The van der Waals surface area contributed by atoms with E-state index in [4.69, 9.17) is 0 Å². The van der Waals surface area contributed by atoms with Gasteiger partial charge in [-0.05, 0) is 30.7 Å². The minimum Gasteiger partial charge on any atom is -0.250 e. The van der Waals surface area contributed by atoms with Crippen molar-refractivity contribution in [1.29, 1.82) is 0 Å². The van der Waals surface area contributed by atoms with Crippen molar-refractivity contribution < 1.29 is 13.2 Å². The van der Waals surface area contributed by atoms with Crippen LogP contribution in [0.5, 0.6) is 0 Å². The highest BCUT2D eigenvalue weighted by Gasteiger charge is 2.30. The number of hydrogen-bond donors (Lipinski definition) is 0.